The molecule has 0 bridgehead atoms. The quantitative estimate of drug-likeness (QED) is 0.632. The van der Waals surface area contributed by atoms with Gasteiger partial charge in [0.1, 0.15) is 12.6 Å². The lowest BCUT2D eigenvalue weighted by atomic mass is 9.95. The summed E-state index contributed by atoms with van der Waals surface area (Å²) < 4.78 is 1.77. The highest BCUT2D eigenvalue weighted by Gasteiger charge is 2.32. The smallest absolute Gasteiger partial charge is 0.251 e. The van der Waals surface area contributed by atoms with Gasteiger partial charge in [-0.1, -0.05) is 78.4 Å². The minimum atomic E-state index is -0.176. The molecule has 32 heavy (non-hydrogen) atoms. The summed E-state index contributed by atoms with van der Waals surface area (Å²) in [5, 5.41) is 16.3. The predicted molar refractivity (Wildman–Crippen MR) is 124 cm³/mol. The Morgan fingerprint density at radius 2 is 1.78 bits per heavy atom. The molecule has 7 nitrogen and oxygen atoms in total. The summed E-state index contributed by atoms with van der Waals surface area (Å²) in [5.41, 5.74) is 2.91. The van der Waals surface area contributed by atoms with Crippen molar-refractivity contribution >= 4 is 29.2 Å². The Morgan fingerprint density at radius 3 is 2.53 bits per heavy atom. The molecule has 3 aromatic rings. The maximum absolute atomic E-state index is 13.0. The van der Waals surface area contributed by atoms with E-state index in [0.717, 1.165) is 29.7 Å². The second-order valence-corrected chi connectivity index (χ2v) is 8.76. The van der Waals surface area contributed by atoms with Crippen molar-refractivity contribution in [2.45, 2.75) is 44.2 Å². The van der Waals surface area contributed by atoms with Gasteiger partial charge in [0.05, 0.1) is 5.70 Å². The Bertz CT molecular complexity index is 1110. The van der Waals surface area contributed by atoms with Crippen molar-refractivity contribution in [3.63, 3.8) is 0 Å². The van der Waals surface area contributed by atoms with E-state index in [1.165, 1.54) is 19.3 Å². The summed E-state index contributed by atoms with van der Waals surface area (Å²) in [5.74, 6) is 0.523. The van der Waals surface area contributed by atoms with Crippen LogP contribution in [0.1, 0.15) is 49.3 Å². The van der Waals surface area contributed by atoms with Crippen LogP contribution in [-0.4, -0.2) is 38.7 Å². The molecule has 0 saturated heterocycles. The fraction of sp³-hybridized carbons (Fsp3) is 0.333. The van der Waals surface area contributed by atoms with Gasteiger partial charge in [-0.15, -0.1) is 0 Å². The molecule has 164 valence electrons. The summed E-state index contributed by atoms with van der Waals surface area (Å²) in [7, 11) is 0. The lowest BCUT2D eigenvalue weighted by molar-refractivity contribution is -0.120. The summed E-state index contributed by atoms with van der Waals surface area (Å²) in [6.07, 6.45) is 7.77. The molecule has 1 atom stereocenters. The third-order valence-corrected chi connectivity index (χ3v) is 6.39. The molecule has 1 N–H and O–H groups in total. The lowest BCUT2D eigenvalue weighted by Crippen LogP contribution is -2.44. The minimum Gasteiger partial charge on any atom is -0.352 e. The first-order valence-corrected chi connectivity index (χ1v) is 11.4. The zero-order chi connectivity index (χ0) is 21.9. The number of benzene rings is 2. The molecular formula is C24H25ClN6O. The summed E-state index contributed by atoms with van der Waals surface area (Å²) in [6.45, 7) is 0.146. The number of amides is 1. The number of nitrogens with one attached hydrogen (secondary N) is 1. The average Bonchev–Trinajstić information content (AvgIpc) is 3.31. The van der Waals surface area contributed by atoms with Gasteiger partial charge in [0.2, 0.25) is 5.91 Å². The van der Waals surface area contributed by atoms with E-state index in [1.807, 2.05) is 47.4 Å². The number of carbonyl (C=O) groups excluding carboxylic acids is 1. The maximum Gasteiger partial charge on any atom is 0.251 e. The molecule has 2 heterocycles. The number of nitrogens with zero attached hydrogens (tertiary/aromatic N) is 5. The number of carbonyl (C=O) groups is 1. The second-order valence-electron chi connectivity index (χ2n) is 8.33. The van der Waals surface area contributed by atoms with Crippen molar-refractivity contribution in [1.82, 2.24) is 25.5 Å². The normalized spacial score (nSPS) is 18.7. The van der Waals surface area contributed by atoms with Crippen LogP contribution in [0.2, 0.25) is 5.02 Å². The zero-order valence-corrected chi connectivity index (χ0v) is 18.4. The highest BCUT2D eigenvalue weighted by Crippen LogP contribution is 2.36. The van der Waals surface area contributed by atoms with Crippen LogP contribution in [0.3, 0.4) is 0 Å². The lowest BCUT2D eigenvalue weighted by Gasteiger charge is -2.33. The van der Waals surface area contributed by atoms with Gasteiger partial charge < -0.3 is 5.32 Å². The number of halogens is 1. The second kappa shape index (κ2) is 9.12. The molecule has 0 spiro atoms. The van der Waals surface area contributed by atoms with Crippen LogP contribution in [0.25, 0.3) is 5.70 Å². The minimum absolute atomic E-state index is 0.0236. The largest absolute Gasteiger partial charge is 0.352 e. The van der Waals surface area contributed by atoms with Crippen LogP contribution in [0.5, 0.6) is 0 Å². The fourth-order valence-corrected chi connectivity index (χ4v) is 4.67. The zero-order valence-electron chi connectivity index (χ0n) is 17.7. The summed E-state index contributed by atoms with van der Waals surface area (Å²) >= 11 is 6.13. The molecule has 2 aromatic carbocycles. The van der Waals surface area contributed by atoms with Crippen LogP contribution in [0.15, 0.2) is 60.7 Å². The molecule has 2 aliphatic rings. The first-order chi connectivity index (χ1) is 15.7. The Balaban J connectivity index is 1.50. The summed E-state index contributed by atoms with van der Waals surface area (Å²) in [6, 6.07) is 17.8. The van der Waals surface area contributed by atoms with Gasteiger partial charge in [0.15, 0.2) is 0 Å². The topological polar surface area (TPSA) is 75.9 Å². The van der Waals surface area contributed by atoms with E-state index in [2.05, 4.69) is 39.1 Å². The number of fused-ring (bicyclic) bond motifs is 1. The number of tetrazole rings is 1. The first kappa shape index (κ1) is 20.7. The third-order valence-electron chi connectivity index (χ3n) is 6.14. The Hall–Kier alpha value is -3.19. The van der Waals surface area contributed by atoms with Crippen molar-refractivity contribution in [3.05, 3.63) is 76.8 Å². The van der Waals surface area contributed by atoms with E-state index in [9.17, 15) is 4.79 Å². The third kappa shape index (κ3) is 4.25. The molecule has 1 amide bonds. The molecule has 1 fully saturated rings. The average molecular weight is 449 g/mol. The molecule has 5 rings (SSSR count). The molecule has 1 aromatic heterocycles. The van der Waals surface area contributed by atoms with Crippen LogP contribution < -0.4 is 10.2 Å². The van der Waals surface area contributed by atoms with E-state index in [4.69, 9.17) is 11.6 Å². The fourth-order valence-electron chi connectivity index (χ4n) is 4.54. The van der Waals surface area contributed by atoms with Crippen molar-refractivity contribution in [1.29, 1.82) is 0 Å². The van der Waals surface area contributed by atoms with E-state index < -0.39 is 0 Å². The van der Waals surface area contributed by atoms with Gasteiger partial charge in [0, 0.05) is 11.1 Å². The highest BCUT2D eigenvalue weighted by atomic mass is 35.5. The van der Waals surface area contributed by atoms with Crippen molar-refractivity contribution in [2.75, 3.05) is 11.4 Å². The van der Waals surface area contributed by atoms with Gasteiger partial charge in [0.25, 0.3) is 5.95 Å². The van der Waals surface area contributed by atoms with Gasteiger partial charge >= 0.3 is 0 Å². The van der Waals surface area contributed by atoms with Crippen molar-refractivity contribution in [3.8, 4) is 0 Å². The number of hydrogen-bond donors (Lipinski definition) is 1. The van der Waals surface area contributed by atoms with E-state index in [1.54, 1.807) is 4.68 Å². The van der Waals surface area contributed by atoms with Crippen molar-refractivity contribution in [2.24, 2.45) is 0 Å². The Labute approximate surface area is 192 Å². The SMILES string of the molecule is O=C(CN1C(c2ccc(Cl)cc2)=C[C@H](c2ccccc2)n2nnnc21)NC1CCCCC1. The predicted octanol–water partition coefficient (Wildman–Crippen LogP) is 4.23. The van der Waals surface area contributed by atoms with Gasteiger partial charge in [-0.2, -0.15) is 4.68 Å². The van der Waals surface area contributed by atoms with E-state index in [0.29, 0.717) is 11.0 Å². The first-order valence-electron chi connectivity index (χ1n) is 11.1. The molecule has 0 unspecified atom stereocenters. The Morgan fingerprint density at radius 1 is 1.03 bits per heavy atom. The number of hydrogen-bond acceptors (Lipinski definition) is 5. The Kier molecular flexibility index (Phi) is 5.90. The monoisotopic (exact) mass is 448 g/mol. The standard InChI is InChI=1S/C24H25ClN6O/c25-19-13-11-18(12-14-19)21-15-22(17-7-3-1-4-8-17)31-24(27-28-29-31)30(21)16-23(32)26-20-9-5-2-6-10-20/h1,3-4,7-8,11-15,20,22H,2,5-6,9-10,16H2,(H,26,32)/t22-/m1/s1. The number of aromatic nitrogens is 4. The van der Waals surface area contributed by atoms with E-state index in [-0.39, 0.29) is 24.5 Å². The highest BCUT2D eigenvalue weighted by molar-refractivity contribution is 6.30. The molecular weight excluding hydrogens is 424 g/mol. The van der Waals surface area contributed by atoms with Crippen molar-refractivity contribution < 1.29 is 4.79 Å². The molecule has 1 aliphatic heterocycles. The number of allylic oxidation sites excluding steroid dienone is 1. The van der Waals surface area contributed by atoms with Gasteiger partial charge in [-0.3, -0.25) is 9.69 Å². The maximum atomic E-state index is 13.0. The molecule has 1 aliphatic carbocycles. The molecule has 0 radical (unpaired) electrons. The van der Waals surface area contributed by atoms with Gasteiger partial charge in [-0.25, -0.2) is 0 Å². The molecule has 1 saturated carbocycles. The van der Waals surface area contributed by atoms with E-state index >= 15 is 0 Å². The molecule has 8 heteroatoms. The number of rotatable bonds is 5. The van der Waals surface area contributed by atoms with Crippen LogP contribution in [0, 0.1) is 0 Å². The van der Waals surface area contributed by atoms with Crippen LogP contribution >= 0.6 is 11.6 Å². The van der Waals surface area contributed by atoms with Crippen LogP contribution in [-0.2, 0) is 4.79 Å². The number of anilines is 1. The summed E-state index contributed by atoms with van der Waals surface area (Å²) in [4.78, 5) is 14.9. The van der Waals surface area contributed by atoms with Gasteiger partial charge in [-0.05, 0) is 52.6 Å². The van der Waals surface area contributed by atoms with Crippen LogP contribution in [0.4, 0.5) is 5.95 Å².